The fraction of sp³-hybridized carbons (Fsp3) is 0.800. The third-order valence-corrected chi connectivity index (χ3v) is 6.83. The van der Waals surface area contributed by atoms with Crippen molar-refractivity contribution in [2.24, 2.45) is 11.8 Å². The van der Waals surface area contributed by atoms with Crippen molar-refractivity contribution in [3.8, 4) is 0 Å². The molecule has 0 spiro atoms. The average Bonchev–Trinajstić information content (AvgIpc) is 3.20. The molecule has 2 N–H and O–H groups in total. The van der Waals surface area contributed by atoms with Crippen molar-refractivity contribution in [1.29, 1.82) is 0 Å². The molecule has 1 heterocycles. The number of amides is 1. The molecule has 26 heavy (non-hydrogen) atoms. The van der Waals surface area contributed by atoms with E-state index in [4.69, 9.17) is 4.74 Å². The monoisotopic (exact) mass is 379 g/mol. The number of nitrogens with zero attached hydrogens (tertiary/aromatic N) is 1. The van der Waals surface area contributed by atoms with Gasteiger partial charge in [-0.15, -0.1) is 11.3 Å². The molecule has 1 aromatic heterocycles. The van der Waals surface area contributed by atoms with E-state index < -0.39 is 0 Å². The van der Waals surface area contributed by atoms with Crippen molar-refractivity contribution >= 4 is 17.2 Å². The number of hydrogen-bond donors (Lipinski definition) is 2. The Morgan fingerprint density at radius 3 is 2.65 bits per heavy atom. The fourth-order valence-corrected chi connectivity index (χ4v) is 5.26. The Hall–Kier alpha value is -0.980. The van der Waals surface area contributed by atoms with E-state index >= 15 is 0 Å². The van der Waals surface area contributed by atoms with E-state index in [0.29, 0.717) is 5.92 Å². The molecule has 1 aromatic rings. The van der Waals surface area contributed by atoms with Gasteiger partial charge in [-0.25, -0.2) is 4.98 Å². The smallest absolute Gasteiger partial charge is 0.246 e. The molecule has 146 valence electrons. The summed E-state index contributed by atoms with van der Waals surface area (Å²) < 4.78 is 4.98. The molecule has 1 amide bonds. The molecule has 0 aliphatic heterocycles. The maximum Gasteiger partial charge on any atom is 0.246 e. The van der Waals surface area contributed by atoms with Crippen molar-refractivity contribution in [2.75, 3.05) is 20.3 Å². The molecule has 2 aliphatic rings. The largest absolute Gasteiger partial charge is 0.375 e. The number of rotatable bonds is 8. The first-order chi connectivity index (χ1) is 12.8. The van der Waals surface area contributed by atoms with E-state index in [9.17, 15) is 4.79 Å². The summed E-state index contributed by atoms with van der Waals surface area (Å²) in [5, 5.41) is 9.99. The Bertz CT molecular complexity index is 523. The standard InChI is InChI=1S/C20H33N3O2S/c1-25-14-18(24)23-19(20-21-11-12-26-20)16-9-7-15(8-10-16)13-22-17-5-3-2-4-6-17/h11-12,15-17,19,22H,2-10,13-14H2,1H3,(H,23,24). The summed E-state index contributed by atoms with van der Waals surface area (Å²) in [5.74, 6) is 1.21. The summed E-state index contributed by atoms with van der Waals surface area (Å²) >= 11 is 1.64. The number of aromatic nitrogens is 1. The van der Waals surface area contributed by atoms with Gasteiger partial charge in [0.25, 0.3) is 0 Å². The molecule has 0 bridgehead atoms. The molecular formula is C20H33N3O2S. The molecule has 0 saturated heterocycles. The quantitative estimate of drug-likeness (QED) is 0.723. The maximum atomic E-state index is 12.1. The summed E-state index contributed by atoms with van der Waals surface area (Å²) in [7, 11) is 1.56. The minimum absolute atomic E-state index is 0.0323. The average molecular weight is 380 g/mol. The molecule has 5 nitrogen and oxygen atoms in total. The molecule has 1 atom stereocenters. The van der Waals surface area contributed by atoms with Crippen LogP contribution in [0.4, 0.5) is 0 Å². The van der Waals surface area contributed by atoms with E-state index in [2.05, 4.69) is 15.6 Å². The zero-order chi connectivity index (χ0) is 18.2. The molecule has 6 heteroatoms. The van der Waals surface area contributed by atoms with Crippen LogP contribution in [0.1, 0.15) is 68.8 Å². The SMILES string of the molecule is COCC(=O)NC(c1nccs1)C1CCC(CNC2CCCCC2)CC1. The summed E-state index contributed by atoms with van der Waals surface area (Å²) in [4.78, 5) is 16.5. The lowest BCUT2D eigenvalue weighted by molar-refractivity contribution is -0.126. The van der Waals surface area contributed by atoms with Crippen LogP contribution in [0.15, 0.2) is 11.6 Å². The Morgan fingerprint density at radius 2 is 2.00 bits per heavy atom. The maximum absolute atomic E-state index is 12.1. The fourth-order valence-electron chi connectivity index (χ4n) is 4.48. The number of thiazole rings is 1. The van der Waals surface area contributed by atoms with Gasteiger partial charge in [-0.1, -0.05) is 19.3 Å². The van der Waals surface area contributed by atoms with Gasteiger partial charge >= 0.3 is 0 Å². The predicted molar refractivity (Wildman–Crippen MR) is 105 cm³/mol. The van der Waals surface area contributed by atoms with Crippen molar-refractivity contribution in [3.05, 3.63) is 16.6 Å². The van der Waals surface area contributed by atoms with E-state index in [0.717, 1.165) is 36.4 Å². The van der Waals surface area contributed by atoms with Crippen molar-refractivity contribution < 1.29 is 9.53 Å². The molecule has 2 saturated carbocycles. The van der Waals surface area contributed by atoms with Crippen LogP contribution < -0.4 is 10.6 Å². The van der Waals surface area contributed by atoms with Gasteiger partial charge in [0.15, 0.2) is 0 Å². The number of carbonyl (C=O) groups excluding carboxylic acids is 1. The van der Waals surface area contributed by atoms with Crippen LogP contribution in [-0.4, -0.2) is 37.2 Å². The summed E-state index contributed by atoms with van der Waals surface area (Å²) in [6.07, 6.45) is 13.5. The lowest BCUT2D eigenvalue weighted by Gasteiger charge is -2.34. The van der Waals surface area contributed by atoms with Crippen molar-refractivity contribution in [1.82, 2.24) is 15.6 Å². The highest BCUT2D eigenvalue weighted by molar-refractivity contribution is 7.09. The number of carbonyl (C=O) groups is 1. The van der Waals surface area contributed by atoms with Crippen LogP contribution in [0, 0.1) is 11.8 Å². The zero-order valence-electron chi connectivity index (χ0n) is 15.9. The van der Waals surface area contributed by atoms with Crippen LogP contribution in [-0.2, 0) is 9.53 Å². The first-order valence-corrected chi connectivity index (χ1v) is 11.0. The van der Waals surface area contributed by atoms with E-state index in [1.165, 1.54) is 44.9 Å². The van der Waals surface area contributed by atoms with Crippen LogP contribution in [0.25, 0.3) is 0 Å². The van der Waals surface area contributed by atoms with Gasteiger partial charge in [0.1, 0.15) is 11.6 Å². The third-order valence-electron chi connectivity index (χ3n) is 5.97. The molecule has 2 aliphatic carbocycles. The molecule has 3 rings (SSSR count). The second-order valence-corrected chi connectivity index (χ2v) is 8.80. The Balaban J connectivity index is 1.48. The first kappa shape index (κ1) is 19.8. The number of hydrogen-bond acceptors (Lipinski definition) is 5. The lowest BCUT2D eigenvalue weighted by Crippen LogP contribution is -2.39. The van der Waals surface area contributed by atoms with Gasteiger partial charge in [0, 0.05) is 24.7 Å². The van der Waals surface area contributed by atoms with E-state index in [-0.39, 0.29) is 18.6 Å². The molecule has 2 fully saturated rings. The highest BCUT2D eigenvalue weighted by Crippen LogP contribution is 2.37. The van der Waals surface area contributed by atoms with E-state index in [1.807, 2.05) is 11.6 Å². The highest BCUT2D eigenvalue weighted by atomic mass is 32.1. The Morgan fingerprint density at radius 1 is 1.23 bits per heavy atom. The number of methoxy groups -OCH3 is 1. The second kappa shape index (κ2) is 10.4. The minimum Gasteiger partial charge on any atom is -0.375 e. The van der Waals surface area contributed by atoms with Crippen LogP contribution >= 0.6 is 11.3 Å². The lowest BCUT2D eigenvalue weighted by atomic mass is 9.78. The molecule has 0 aromatic carbocycles. The Labute approximate surface area is 161 Å². The Kier molecular flexibility index (Phi) is 7.89. The highest BCUT2D eigenvalue weighted by Gasteiger charge is 2.31. The van der Waals surface area contributed by atoms with Gasteiger partial charge in [0.2, 0.25) is 5.91 Å². The summed E-state index contributed by atoms with van der Waals surface area (Å²) in [6.45, 7) is 1.28. The van der Waals surface area contributed by atoms with Crippen LogP contribution in [0.3, 0.4) is 0 Å². The van der Waals surface area contributed by atoms with E-state index in [1.54, 1.807) is 18.4 Å². The summed E-state index contributed by atoms with van der Waals surface area (Å²) in [6, 6.07) is 0.780. The summed E-state index contributed by atoms with van der Waals surface area (Å²) in [5.41, 5.74) is 0. The van der Waals surface area contributed by atoms with Gasteiger partial charge < -0.3 is 15.4 Å². The third kappa shape index (κ3) is 5.76. The van der Waals surface area contributed by atoms with Crippen molar-refractivity contribution in [2.45, 2.75) is 69.9 Å². The second-order valence-electron chi connectivity index (χ2n) is 7.87. The first-order valence-electron chi connectivity index (χ1n) is 10.2. The predicted octanol–water partition coefficient (Wildman–Crippen LogP) is 3.68. The topological polar surface area (TPSA) is 63.2 Å². The minimum atomic E-state index is -0.0474. The van der Waals surface area contributed by atoms with Gasteiger partial charge in [-0.3, -0.25) is 4.79 Å². The van der Waals surface area contributed by atoms with Gasteiger partial charge in [-0.05, 0) is 56.9 Å². The molecule has 0 radical (unpaired) electrons. The van der Waals surface area contributed by atoms with Gasteiger partial charge in [-0.2, -0.15) is 0 Å². The van der Waals surface area contributed by atoms with Crippen molar-refractivity contribution in [3.63, 3.8) is 0 Å². The molecular weight excluding hydrogens is 346 g/mol. The van der Waals surface area contributed by atoms with Crippen LogP contribution in [0.5, 0.6) is 0 Å². The number of ether oxygens (including phenoxy) is 1. The normalized spacial score (nSPS) is 25.7. The van der Waals surface area contributed by atoms with Crippen LogP contribution in [0.2, 0.25) is 0 Å². The zero-order valence-corrected chi connectivity index (χ0v) is 16.7. The van der Waals surface area contributed by atoms with Gasteiger partial charge in [0.05, 0.1) is 6.04 Å². The number of nitrogens with one attached hydrogen (secondary N) is 2. The molecule has 1 unspecified atom stereocenters.